The molecule has 1 amide bonds. The van der Waals surface area contributed by atoms with Gasteiger partial charge in [0, 0.05) is 31.4 Å². The largest absolute Gasteiger partial charge is 0.496 e. The minimum Gasteiger partial charge on any atom is -0.496 e. The van der Waals surface area contributed by atoms with Crippen LogP contribution in [0.25, 0.3) is 0 Å². The second-order valence-electron chi connectivity index (χ2n) is 4.81. The number of carbonyl (C=O) groups is 1. The molecule has 0 bridgehead atoms. The number of piperazine rings is 1. The Balaban J connectivity index is 2.36. The Bertz CT molecular complexity index is 474. The molecule has 1 N–H and O–H groups in total. The van der Waals surface area contributed by atoms with Crippen LogP contribution in [-0.2, 0) is 4.79 Å². The second-order valence-corrected chi connectivity index (χ2v) is 4.81. The van der Waals surface area contributed by atoms with E-state index in [1.165, 1.54) is 0 Å². The van der Waals surface area contributed by atoms with Gasteiger partial charge in [-0.3, -0.25) is 4.79 Å². The van der Waals surface area contributed by atoms with Crippen LogP contribution in [0.1, 0.15) is 18.6 Å². The number of hydrogen-bond acceptors (Lipinski definition) is 4. The number of hydrogen-bond donors (Lipinski definition) is 1. The van der Waals surface area contributed by atoms with Crippen LogP contribution in [0.15, 0.2) is 18.2 Å². The van der Waals surface area contributed by atoms with Crippen molar-refractivity contribution >= 4 is 11.6 Å². The molecule has 5 nitrogen and oxygen atoms in total. The minimum atomic E-state index is -0.638. The van der Waals surface area contributed by atoms with Crippen molar-refractivity contribution < 1.29 is 14.6 Å². The van der Waals surface area contributed by atoms with Gasteiger partial charge in [-0.15, -0.1) is 0 Å². The van der Waals surface area contributed by atoms with E-state index in [-0.39, 0.29) is 5.91 Å². The van der Waals surface area contributed by atoms with Gasteiger partial charge in [0.15, 0.2) is 0 Å². The van der Waals surface area contributed by atoms with Gasteiger partial charge in [-0.25, -0.2) is 0 Å². The molecule has 0 aliphatic carbocycles. The molecule has 1 aromatic carbocycles. The summed E-state index contributed by atoms with van der Waals surface area (Å²) in [6, 6.07) is 5.62. The summed E-state index contributed by atoms with van der Waals surface area (Å²) in [5.41, 5.74) is 1.61. The Kier molecular flexibility index (Phi) is 3.95. The highest BCUT2D eigenvalue weighted by atomic mass is 16.5. The lowest BCUT2D eigenvalue weighted by Crippen LogP contribution is -2.48. The predicted molar refractivity (Wildman–Crippen MR) is 73.5 cm³/mol. The average molecular weight is 264 g/mol. The average Bonchev–Trinajstić information content (AvgIpc) is 2.40. The maximum absolute atomic E-state index is 11.8. The maximum Gasteiger partial charge on any atom is 0.241 e. The summed E-state index contributed by atoms with van der Waals surface area (Å²) < 4.78 is 5.30. The summed E-state index contributed by atoms with van der Waals surface area (Å²) in [5.74, 6) is 0.740. The number of aliphatic hydroxyl groups excluding tert-OH is 1. The Hall–Kier alpha value is -1.75. The Morgan fingerprint density at radius 2 is 2.11 bits per heavy atom. The van der Waals surface area contributed by atoms with Crippen LogP contribution < -0.4 is 9.64 Å². The molecule has 1 aromatic rings. The van der Waals surface area contributed by atoms with Gasteiger partial charge < -0.3 is 19.6 Å². The number of ether oxygens (including phenoxy) is 1. The summed E-state index contributed by atoms with van der Waals surface area (Å²) in [7, 11) is 3.39. The minimum absolute atomic E-state index is 0.0885. The van der Waals surface area contributed by atoms with E-state index in [9.17, 15) is 9.90 Å². The van der Waals surface area contributed by atoms with Crippen molar-refractivity contribution in [3.05, 3.63) is 23.8 Å². The maximum atomic E-state index is 11.8. The summed E-state index contributed by atoms with van der Waals surface area (Å²) in [6.45, 7) is 3.49. The third kappa shape index (κ3) is 2.66. The fraction of sp³-hybridized carbons (Fsp3) is 0.500. The van der Waals surface area contributed by atoms with Gasteiger partial charge >= 0.3 is 0 Å². The third-order valence-corrected chi connectivity index (χ3v) is 3.48. The zero-order valence-electron chi connectivity index (χ0n) is 11.6. The number of likely N-dealkylation sites (N-methyl/N-ethyl adjacent to an activating group) is 1. The quantitative estimate of drug-likeness (QED) is 0.886. The molecule has 1 aliphatic rings. The van der Waals surface area contributed by atoms with Crippen LogP contribution in [-0.4, -0.2) is 49.7 Å². The molecule has 1 fully saturated rings. The van der Waals surface area contributed by atoms with Gasteiger partial charge in [0.25, 0.3) is 0 Å². The molecule has 0 unspecified atom stereocenters. The predicted octanol–water partition coefficient (Wildman–Crippen LogP) is 1.03. The highest BCUT2D eigenvalue weighted by molar-refractivity contribution is 5.83. The van der Waals surface area contributed by atoms with Crippen LogP contribution >= 0.6 is 0 Å². The van der Waals surface area contributed by atoms with E-state index >= 15 is 0 Å². The number of anilines is 1. The zero-order valence-corrected chi connectivity index (χ0v) is 11.6. The van der Waals surface area contributed by atoms with Gasteiger partial charge in [0.1, 0.15) is 5.75 Å². The van der Waals surface area contributed by atoms with E-state index in [1.54, 1.807) is 26.0 Å². The van der Waals surface area contributed by atoms with Crippen molar-refractivity contribution in [2.45, 2.75) is 13.0 Å². The molecule has 0 aromatic heterocycles. The van der Waals surface area contributed by atoms with Crippen LogP contribution in [0.2, 0.25) is 0 Å². The first-order valence-corrected chi connectivity index (χ1v) is 6.38. The van der Waals surface area contributed by atoms with E-state index < -0.39 is 6.10 Å². The van der Waals surface area contributed by atoms with Crippen molar-refractivity contribution in [3.63, 3.8) is 0 Å². The van der Waals surface area contributed by atoms with Crippen molar-refractivity contribution in [2.75, 3.05) is 38.7 Å². The lowest BCUT2D eigenvalue weighted by molar-refractivity contribution is -0.129. The monoisotopic (exact) mass is 264 g/mol. The summed E-state index contributed by atoms with van der Waals surface area (Å²) in [5, 5.41) is 9.96. The molecule has 5 heteroatoms. The molecule has 0 radical (unpaired) electrons. The molecule has 19 heavy (non-hydrogen) atoms. The molecule has 1 atom stereocenters. The number of nitrogens with zero attached hydrogens (tertiary/aromatic N) is 2. The first-order chi connectivity index (χ1) is 9.04. The first-order valence-electron chi connectivity index (χ1n) is 6.38. The summed E-state index contributed by atoms with van der Waals surface area (Å²) in [4.78, 5) is 15.5. The number of amides is 1. The normalized spacial score (nSPS) is 17.6. The smallest absolute Gasteiger partial charge is 0.241 e. The fourth-order valence-electron chi connectivity index (χ4n) is 2.37. The molecule has 1 saturated heterocycles. The molecule has 1 heterocycles. The van der Waals surface area contributed by atoms with Gasteiger partial charge in [-0.1, -0.05) is 6.07 Å². The SMILES string of the molecule is COc1cccc(N2CCN(C)C(=O)C2)c1[C@@H](C)O. The Labute approximate surface area is 113 Å². The van der Waals surface area contributed by atoms with Crippen LogP contribution in [0.3, 0.4) is 0 Å². The molecule has 104 valence electrons. The van der Waals surface area contributed by atoms with Crippen LogP contribution in [0.5, 0.6) is 5.75 Å². The van der Waals surface area contributed by atoms with Gasteiger partial charge in [0.05, 0.1) is 19.8 Å². The topological polar surface area (TPSA) is 53.0 Å². The molecule has 2 rings (SSSR count). The third-order valence-electron chi connectivity index (χ3n) is 3.48. The lowest BCUT2D eigenvalue weighted by atomic mass is 10.0. The first kappa shape index (κ1) is 13.7. The highest BCUT2D eigenvalue weighted by Gasteiger charge is 2.25. The zero-order chi connectivity index (χ0) is 14.0. The number of benzene rings is 1. The van der Waals surface area contributed by atoms with E-state index in [1.807, 2.05) is 23.1 Å². The van der Waals surface area contributed by atoms with E-state index in [0.29, 0.717) is 18.8 Å². The summed E-state index contributed by atoms with van der Waals surface area (Å²) >= 11 is 0. The van der Waals surface area contributed by atoms with Crippen molar-refractivity contribution in [3.8, 4) is 5.75 Å². The van der Waals surface area contributed by atoms with Gasteiger partial charge in [-0.05, 0) is 19.1 Å². The van der Waals surface area contributed by atoms with E-state index in [4.69, 9.17) is 4.74 Å². The number of carbonyl (C=O) groups excluding carboxylic acids is 1. The number of rotatable bonds is 3. The number of aliphatic hydroxyl groups is 1. The Morgan fingerprint density at radius 3 is 2.68 bits per heavy atom. The number of methoxy groups -OCH3 is 1. The molecule has 1 aliphatic heterocycles. The Morgan fingerprint density at radius 1 is 1.37 bits per heavy atom. The highest BCUT2D eigenvalue weighted by Crippen LogP contribution is 2.34. The van der Waals surface area contributed by atoms with Crippen molar-refractivity contribution in [2.24, 2.45) is 0 Å². The van der Waals surface area contributed by atoms with E-state index in [0.717, 1.165) is 17.8 Å². The van der Waals surface area contributed by atoms with Crippen LogP contribution in [0, 0.1) is 0 Å². The van der Waals surface area contributed by atoms with Gasteiger partial charge in [0.2, 0.25) is 5.91 Å². The fourth-order valence-corrected chi connectivity index (χ4v) is 2.37. The lowest BCUT2D eigenvalue weighted by Gasteiger charge is -2.35. The molecule has 0 spiro atoms. The molecule has 0 saturated carbocycles. The molecular formula is C14H20N2O3. The van der Waals surface area contributed by atoms with E-state index in [2.05, 4.69) is 0 Å². The van der Waals surface area contributed by atoms with Crippen molar-refractivity contribution in [1.82, 2.24) is 4.90 Å². The van der Waals surface area contributed by atoms with Gasteiger partial charge in [-0.2, -0.15) is 0 Å². The van der Waals surface area contributed by atoms with Crippen LogP contribution in [0.4, 0.5) is 5.69 Å². The standard InChI is InChI=1S/C14H20N2O3/c1-10(17)14-11(5-4-6-12(14)19-3)16-8-7-15(2)13(18)9-16/h4-6,10,17H,7-9H2,1-3H3/t10-/m1/s1. The van der Waals surface area contributed by atoms with Crippen molar-refractivity contribution in [1.29, 1.82) is 0 Å². The molecular weight excluding hydrogens is 244 g/mol. The summed E-state index contributed by atoms with van der Waals surface area (Å²) in [6.07, 6.45) is -0.638. The second kappa shape index (κ2) is 5.48.